The Labute approximate surface area is 147 Å². The highest BCUT2D eigenvalue weighted by atomic mass is 79.9. The predicted molar refractivity (Wildman–Crippen MR) is 97.3 cm³/mol. The van der Waals surface area contributed by atoms with Gasteiger partial charge in [-0.25, -0.2) is 0 Å². The largest absolute Gasteiger partial charge is 0.357 e. The molecule has 4 rings (SSSR count). The van der Waals surface area contributed by atoms with Gasteiger partial charge in [-0.05, 0) is 42.8 Å². The van der Waals surface area contributed by atoms with Crippen LogP contribution in [0.2, 0.25) is 0 Å². The van der Waals surface area contributed by atoms with Gasteiger partial charge in [0.25, 0.3) is 5.69 Å². The van der Waals surface area contributed by atoms with Crippen molar-refractivity contribution in [1.29, 1.82) is 0 Å². The maximum atomic E-state index is 10.9. The third-order valence-corrected chi connectivity index (χ3v) is 5.24. The lowest BCUT2D eigenvalue weighted by Crippen LogP contribution is -2.32. The summed E-state index contributed by atoms with van der Waals surface area (Å²) in [6, 6.07) is 13.2. The molecular formula is C18H16BrN3O2. The van der Waals surface area contributed by atoms with Gasteiger partial charge in [0, 0.05) is 39.7 Å². The average molecular weight is 386 g/mol. The lowest BCUT2D eigenvalue weighted by molar-refractivity contribution is -0.384. The highest BCUT2D eigenvalue weighted by molar-refractivity contribution is 9.10. The van der Waals surface area contributed by atoms with Crippen molar-refractivity contribution in [3.8, 4) is 0 Å². The molecule has 0 saturated carbocycles. The molecule has 0 fully saturated rings. The summed E-state index contributed by atoms with van der Waals surface area (Å²) < 4.78 is 1.07. The zero-order valence-corrected chi connectivity index (χ0v) is 14.7. The Bertz CT molecular complexity index is 933. The molecular weight excluding hydrogens is 370 g/mol. The summed E-state index contributed by atoms with van der Waals surface area (Å²) in [7, 11) is 2.09. The Balaban J connectivity index is 1.85. The molecule has 1 aliphatic rings. The summed E-state index contributed by atoms with van der Waals surface area (Å²) in [6.07, 6.45) is 0.992. The smallest absolute Gasteiger partial charge is 0.269 e. The van der Waals surface area contributed by atoms with Crippen LogP contribution >= 0.6 is 15.9 Å². The standard InChI is InChI=1S/C18H16BrN3O2/c1-21-9-8-14-15-10-12(19)4-7-16(15)20-17(14)18(21)11-2-5-13(6-3-11)22(23)24/h2-7,10,18,20H,8-9H2,1H3. The van der Waals surface area contributed by atoms with Crippen LogP contribution in [0.5, 0.6) is 0 Å². The van der Waals surface area contributed by atoms with E-state index in [1.54, 1.807) is 12.1 Å². The lowest BCUT2D eigenvalue weighted by Gasteiger charge is -2.33. The van der Waals surface area contributed by atoms with E-state index in [1.165, 1.54) is 16.6 Å². The Hall–Kier alpha value is -2.18. The highest BCUT2D eigenvalue weighted by Crippen LogP contribution is 2.38. The molecule has 122 valence electrons. The number of H-pyrrole nitrogens is 1. The first-order chi connectivity index (χ1) is 11.5. The minimum absolute atomic E-state index is 0.0840. The normalized spacial score (nSPS) is 17.8. The van der Waals surface area contributed by atoms with Gasteiger partial charge in [0.2, 0.25) is 0 Å². The van der Waals surface area contributed by atoms with E-state index < -0.39 is 0 Å². The topological polar surface area (TPSA) is 62.2 Å². The van der Waals surface area contributed by atoms with Crippen molar-refractivity contribution in [3.05, 3.63) is 73.9 Å². The number of nitro benzene ring substituents is 1. The van der Waals surface area contributed by atoms with E-state index in [0.29, 0.717) is 0 Å². The molecule has 24 heavy (non-hydrogen) atoms. The molecule has 1 N–H and O–H groups in total. The second kappa shape index (κ2) is 5.72. The summed E-state index contributed by atoms with van der Waals surface area (Å²) in [5, 5.41) is 12.1. The van der Waals surface area contributed by atoms with Gasteiger partial charge in [-0.3, -0.25) is 15.0 Å². The first kappa shape index (κ1) is 15.4. The van der Waals surface area contributed by atoms with Gasteiger partial charge in [-0.2, -0.15) is 0 Å². The van der Waals surface area contributed by atoms with Gasteiger partial charge in [0.15, 0.2) is 0 Å². The maximum Gasteiger partial charge on any atom is 0.269 e. The van der Waals surface area contributed by atoms with Crippen LogP contribution in [0, 0.1) is 10.1 Å². The van der Waals surface area contributed by atoms with E-state index in [0.717, 1.165) is 28.5 Å². The van der Waals surface area contributed by atoms with Crippen molar-refractivity contribution >= 4 is 32.5 Å². The highest BCUT2D eigenvalue weighted by Gasteiger charge is 2.29. The molecule has 1 aromatic heterocycles. The second-order valence-corrected chi connectivity index (χ2v) is 7.10. The Morgan fingerprint density at radius 1 is 1.25 bits per heavy atom. The fourth-order valence-corrected chi connectivity index (χ4v) is 3.94. The van der Waals surface area contributed by atoms with Crippen molar-refractivity contribution in [1.82, 2.24) is 9.88 Å². The number of non-ortho nitro benzene ring substituents is 1. The van der Waals surface area contributed by atoms with Crippen LogP contribution < -0.4 is 0 Å². The fraction of sp³-hybridized carbons (Fsp3) is 0.222. The van der Waals surface area contributed by atoms with Gasteiger partial charge in [-0.15, -0.1) is 0 Å². The van der Waals surface area contributed by atoms with Gasteiger partial charge in [0.1, 0.15) is 0 Å². The van der Waals surface area contributed by atoms with E-state index in [1.807, 2.05) is 18.2 Å². The SMILES string of the molecule is CN1CCc2c([nH]c3ccc(Br)cc23)C1c1ccc([N+](=O)[O-])cc1. The number of hydrogen-bond acceptors (Lipinski definition) is 3. The molecule has 1 unspecified atom stereocenters. The Morgan fingerprint density at radius 3 is 2.71 bits per heavy atom. The van der Waals surface area contributed by atoms with Crippen LogP contribution in [-0.4, -0.2) is 28.4 Å². The number of nitrogens with one attached hydrogen (secondary N) is 1. The van der Waals surface area contributed by atoms with E-state index in [-0.39, 0.29) is 16.7 Å². The fourth-order valence-electron chi connectivity index (χ4n) is 3.58. The van der Waals surface area contributed by atoms with Crippen LogP contribution in [0.4, 0.5) is 5.69 Å². The molecule has 0 radical (unpaired) electrons. The van der Waals surface area contributed by atoms with Crippen molar-refractivity contribution in [2.24, 2.45) is 0 Å². The van der Waals surface area contributed by atoms with Gasteiger partial charge in [-0.1, -0.05) is 28.1 Å². The number of fused-ring (bicyclic) bond motifs is 3. The lowest BCUT2D eigenvalue weighted by atomic mass is 9.93. The van der Waals surface area contributed by atoms with E-state index in [2.05, 4.69) is 45.0 Å². The molecule has 1 aliphatic heterocycles. The summed E-state index contributed by atoms with van der Waals surface area (Å²) in [6.45, 7) is 0.953. The van der Waals surface area contributed by atoms with Crippen molar-refractivity contribution in [3.63, 3.8) is 0 Å². The number of aromatic nitrogens is 1. The quantitative estimate of drug-likeness (QED) is 0.524. The number of aromatic amines is 1. The van der Waals surface area contributed by atoms with Crippen molar-refractivity contribution in [2.45, 2.75) is 12.5 Å². The second-order valence-electron chi connectivity index (χ2n) is 6.19. The summed E-state index contributed by atoms with van der Waals surface area (Å²) in [4.78, 5) is 16.4. The number of nitro groups is 1. The van der Waals surface area contributed by atoms with E-state index >= 15 is 0 Å². The summed E-state index contributed by atoms with van der Waals surface area (Å²) in [5.74, 6) is 0. The monoisotopic (exact) mass is 385 g/mol. The first-order valence-corrected chi connectivity index (χ1v) is 8.58. The van der Waals surface area contributed by atoms with Gasteiger partial charge in [0.05, 0.1) is 11.0 Å². The average Bonchev–Trinajstić information content (AvgIpc) is 2.92. The van der Waals surface area contributed by atoms with Gasteiger partial charge < -0.3 is 4.98 Å². The summed E-state index contributed by atoms with van der Waals surface area (Å²) >= 11 is 3.55. The number of hydrogen-bond donors (Lipinski definition) is 1. The third kappa shape index (κ3) is 2.42. The van der Waals surface area contributed by atoms with E-state index in [9.17, 15) is 10.1 Å². The minimum atomic E-state index is -0.361. The molecule has 5 nitrogen and oxygen atoms in total. The maximum absolute atomic E-state index is 10.9. The number of nitrogens with zero attached hydrogens (tertiary/aromatic N) is 2. The van der Waals surface area contributed by atoms with Crippen molar-refractivity contribution in [2.75, 3.05) is 13.6 Å². The molecule has 0 amide bonds. The van der Waals surface area contributed by atoms with Crippen LogP contribution in [-0.2, 0) is 6.42 Å². The molecule has 0 bridgehead atoms. The van der Waals surface area contributed by atoms with Crippen LogP contribution in [0.25, 0.3) is 10.9 Å². The number of rotatable bonds is 2. The molecule has 0 aliphatic carbocycles. The summed E-state index contributed by atoms with van der Waals surface area (Å²) in [5.41, 5.74) is 4.84. The van der Waals surface area contributed by atoms with Crippen LogP contribution in [0.15, 0.2) is 46.9 Å². The zero-order valence-electron chi connectivity index (χ0n) is 13.1. The molecule has 2 aromatic carbocycles. The van der Waals surface area contributed by atoms with Crippen molar-refractivity contribution < 1.29 is 4.92 Å². The van der Waals surface area contributed by atoms with Crippen LogP contribution in [0.3, 0.4) is 0 Å². The first-order valence-electron chi connectivity index (χ1n) is 7.79. The van der Waals surface area contributed by atoms with Gasteiger partial charge >= 0.3 is 0 Å². The Morgan fingerprint density at radius 2 is 2.00 bits per heavy atom. The molecule has 2 heterocycles. The number of halogens is 1. The number of likely N-dealkylation sites (N-methyl/N-ethyl adjacent to an activating group) is 1. The molecule has 1 atom stereocenters. The van der Waals surface area contributed by atoms with Crippen LogP contribution in [0.1, 0.15) is 22.9 Å². The predicted octanol–water partition coefficient (Wildman–Crippen LogP) is 4.42. The van der Waals surface area contributed by atoms with E-state index in [4.69, 9.17) is 0 Å². The number of benzene rings is 2. The molecule has 0 spiro atoms. The molecule has 0 saturated heterocycles. The minimum Gasteiger partial charge on any atom is -0.357 e. The third-order valence-electron chi connectivity index (χ3n) is 4.75. The zero-order chi connectivity index (χ0) is 16.8. The molecule has 3 aromatic rings. The Kier molecular flexibility index (Phi) is 3.66. The molecule has 6 heteroatoms.